The Hall–Kier alpha value is -0.580. The number of hydrogen-bond acceptors (Lipinski definition) is 2. The zero-order valence-electron chi connectivity index (χ0n) is 11.5. The summed E-state index contributed by atoms with van der Waals surface area (Å²) in [7, 11) is 0. The van der Waals surface area contributed by atoms with Crippen LogP contribution in [0.3, 0.4) is 0 Å². The fourth-order valence-corrected chi connectivity index (χ4v) is 2.96. The molecule has 0 aromatic heterocycles. The molecule has 20 heavy (non-hydrogen) atoms. The van der Waals surface area contributed by atoms with Crippen molar-refractivity contribution in [2.75, 3.05) is 0 Å². The summed E-state index contributed by atoms with van der Waals surface area (Å²) in [6.45, 7) is 0. The molecule has 1 amide bonds. The van der Waals surface area contributed by atoms with Gasteiger partial charge in [0.1, 0.15) is 0 Å². The van der Waals surface area contributed by atoms with Gasteiger partial charge in [0.2, 0.25) is 5.91 Å². The molecular weight excluding hydrogens is 340 g/mol. The Morgan fingerprint density at radius 2 is 2.00 bits per heavy atom. The quantitative estimate of drug-likeness (QED) is 0.865. The normalized spacial score (nSPS) is 21.9. The molecule has 3 N–H and O–H groups in total. The summed E-state index contributed by atoms with van der Waals surface area (Å²) in [6, 6.07) is 8.77. The molecule has 1 aromatic carbocycles. The van der Waals surface area contributed by atoms with Crippen molar-refractivity contribution < 1.29 is 4.79 Å². The molecule has 3 nitrogen and oxygen atoms in total. The minimum absolute atomic E-state index is 0. The Kier molecular flexibility index (Phi) is 7.56. The van der Waals surface area contributed by atoms with Gasteiger partial charge in [0.05, 0.1) is 0 Å². The molecule has 0 spiro atoms. The van der Waals surface area contributed by atoms with E-state index in [1.165, 1.54) is 5.56 Å². The zero-order valence-corrected chi connectivity index (χ0v) is 13.9. The molecule has 5 heteroatoms. The van der Waals surface area contributed by atoms with Crippen molar-refractivity contribution in [2.24, 2.45) is 5.73 Å². The van der Waals surface area contributed by atoms with Crippen LogP contribution in [-0.4, -0.2) is 18.0 Å². The van der Waals surface area contributed by atoms with Crippen LogP contribution >= 0.6 is 28.3 Å². The molecule has 1 saturated carbocycles. The van der Waals surface area contributed by atoms with E-state index in [0.29, 0.717) is 18.5 Å². The van der Waals surface area contributed by atoms with Crippen LogP contribution in [0.25, 0.3) is 0 Å². The summed E-state index contributed by atoms with van der Waals surface area (Å²) in [5.41, 5.74) is 7.05. The predicted molar refractivity (Wildman–Crippen MR) is 88.1 cm³/mol. The summed E-state index contributed by atoms with van der Waals surface area (Å²) in [6.07, 6.45) is 5.43. The highest BCUT2D eigenvalue weighted by atomic mass is 79.9. The molecule has 0 heterocycles. The van der Waals surface area contributed by atoms with Crippen LogP contribution in [0.2, 0.25) is 0 Å². The summed E-state index contributed by atoms with van der Waals surface area (Å²) < 4.78 is 1.06. The van der Waals surface area contributed by atoms with Crippen molar-refractivity contribution >= 4 is 34.2 Å². The lowest BCUT2D eigenvalue weighted by atomic mass is 9.92. The van der Waals surface area contributed by atoms with Gasteiger partial charge >= 0.3 is 0 Å². The Balaban J connectivity index is 0.00000200. The Morgan fingerprint density at radius 3 is 2.65 bits per heavy atom. The highest BCUT2D eigenvalue weighted by Gasteiger charge is 2.19. The smallest absolute Gasteiger partial charge is 0.220 e. The minimum Gasteiger partial charge on any atom is -0.353 e. The largest absolute Gasteiger partial charge is 0.353 e. The minimum atomic E-state index is 0. The van der Waals surface area contributed by atoms with Crippen molar-refractivity contribution in [3.63, 3.8) is 0 Å². The number of rotatable bonds is 4. The van der Waals surface area contributed by atoms with Gasteiger partial charge in [-0.3, -0.25) is 4.79 Å². The summed E-state index contributed by atoms with van der Waals surface area (Å²) in [5.74, 6) is 0.153. The molecule has 0 aliphatic heterocycles. The number of aryl methyl sites for hydroxylation is 1. The number of benzene rings is 1. The third-order valence-corrected chi connectivity index (χ3v) is 4.16. The number of nitrogens with two attached hydrogens (primary N) is 1. The molecule has 0 bridgehead atoms. The first kappa shape index (κ1) is 17.5. The lowest BCUT2D eigenvalue weighted by Crippen LogP contribution is -2.40. The highest BCUT2D eigenvalue weighted by molar-refractivity contribution is 9.10. The number of hydrogen-bond donors (Lipinski definition) is 2. The maximum Gasteiger partial charge on any atom is 0.220 e. The van der Waals surface area contributed by atoms with E-state index in [1.807, 2.05) is 12.1 Å². The molecule has 1 fully saturated rings. The predicted octanol–water partition coefficient (Wildman–Crippen LogP) is 3.19. The molecule has 112 valence electrons. The van der Waals surface area contributed by atoms with Gasteiger partial charge in [-0.05, 0) is 49.8 Å². The molecule has 2 rings (SSSR count). The fraction of sp³-hybridized carbons (Fsp3) is 0.533. The number of halogens is 2. The first-order valence-electron chi connectivity index (χ1n) is 6.93. The van der Waals surface area contributed by atoms with Crippen molar-refractivity contribution in [3.05, 3.63) is 34.3 Å². The Bertz CT molecular complexity index is 434. The molecule has 0 radical (unpaired) electrons. The van der Waals surface area contributed by atoms with Crippen LogP contribution in [0.1, 0.15) is 37.7 Å². The fourth-order valence-electron chi connectivity index (χ4n) is 2.51. The SMILES string of the molecule is Cl.NC1CCC(NC(=O)CCc2cccc(Br)c2)CC1. The van der Waals surface area contributed by atoms with E-state index in [0.717, 1.165) is 36.6 Å². The van der Waals surface area contributed by atoms with Crippen molar-refractivity contribution in [1.82, 2.24) is 5.32 Å². The van der Waals surface area contributed by atoms with Crippen LogP contribution in [-0.2, 0) is 11.2 Å². The van der Waals surface area contributed by atoms with E-state index in [9.17, 15) is 4.79 Å². The van der Waals surface area contributed by atoms with Gasteiger partial charge in [-0.25, -0.2) is 0 Å². The average molecular weight is 362 g/mol. The van der Waals surface area contributed by atoms with E-state index in [1.54, 1.807) is 0 Å². The van der Waals surface area contributed by atoms with Gasteiger partial charge in [-0.1, -0.05) is 28.1 Å². The lowest BCUT2D eigenvalue weighted by Gasteiger charge is -2.26. The van der Waals surface area contributed by atoms with Gasteiger partial charge in [0.25, 0.3) is 0 Å². The van der Waals surface area contributed by atoms with Crippen molar-refractivity contribution in [2.45, 2.75) is 50.6 Å². The van der Waals surface area contributed by atoms with Crippen LogP contribution in [0.15, 0.2) is 28.7 Å². The molecule has 0 atom stereocenters. The van der Waals surface area contributed by atoms with Crippen LogP contribution in [0.5, 0.6) is 0 Å². The first-order valence-corrected chi connectivity index (χ1v) is 7.72. The van der Waals surface area contributed by atoms with Gasteiger partial charge in [-0.15, -0.1) is 12.4 Å². The van der Waals surface area contributed by atoms with E-state index in [-0.39, 0.29) is 18.3 Å². The van der Waals surface area contributed by atoms with Gasteiger partial charge in [0.15, 0.2) is 0 Å². The second-order valence-corrected chi connectivity index (χ2v) is 6.22. The van der Waals surface area contributed by atoms with Crippen molar-refractivity contribution in [3.8, 4) is 0 Å². The van der Waals surface area contributed by atoms with E-state index >= 15 is 0 Å². The van der Waals surface area contributed by atoms with E-state index in [2.05, 4.69) is 33.4 Å². The topological polar surface area (TPSA) is 55.1 Å². The number of carbonyl (C=O) groups is 1. The maximum atomic E-state index is 11.9. The van der Waals surface area contributed by atoms with Gasteiger partial charge in [0, 0.05) is 23.0 Å². The number of nitrogens with one attached hydrogen (secondary N) is 1. The third-order valence-electron chi connectivity index (χ3n) is 3.67. The standard InChI is InChI=1S/C15H21BrN2O.ClH/c16-12-3-1-2-11(10-12)4-9-15(19)18-14-7-5-13(17)6-8-14;/h1-3,10,13-14H,4-9,17H2,(H,18,19);1H. The zero-order chi connectivity index (χ0) is 13.7. The molecule has 1 aliphatic rings. The van der Waals surface area contributed by atoms with Gasteiger partial charge < -0.3 is 11.1 Å². The van der Waals surface area contributed by atoms with E-state index in [4.69, 9.17) is 5.73 Å². The average Bonchev–Trinajstić information content (AvgIpc) is 2.39. The van der Waals surface area contributed by atoms with Crippen LogP contribution in [0.4, 0.5) is 0 Å². The third kappa shape index (κ3) is 5.81. The molecule has 0 saturated heterocycles. The Labute approximate surface area is 135 Å². The van der Waals surface area contributed by atoms with Gasteiger partial charge in [-0.2, -0.15) is 0 Å². The summed E-state index contributed by atoms with van der Waals surface area (Å²) >= 11 is 3.44. The lowest BCUT2D eigenvalue weighted by molar-refractivity contribution is -0.122. The van der Waals surface area contributed by atoms with Crippen LogP contribution in [0, 0.1) is 0 Å². The second kappa shape index (κ2) is 8.65. The summed E-state index contributed by atoms with van der Waals surface area (Å²) in [5, 5.41) is 3.12. The molecule has 1 aliphatic carbocycles. The van der Waals surface area contributed by atoms with Crippen molar-refractivity contribution in [1.29, 1.82) is 0 Å². The highest BCUT2D eigenvalue weighted by Crippen LogP contribution is 2.17. The summed E-state index contributed by atoms with van der Waals surface area (Å²) in [4.78, 5) is 11.9. The van der Waals surface area contributed by atoms with Crippen LogP contribution < -0.4 is 11.1 Å². The molecule has 0 unspecified atom stereocenters. The maximum absolute atomic E-state index is 11.9. The number of amides is 1. The molecule has 1 aromatic rings. The first-order chi connectivity index (χ1) is 9.13. The number of carbonyl (C=O) groups excluding carboxylic acids is 1. The Morgan fingerprint density at radius 1 is 1.30 bits per heavy atom. The second-order valence-electron chi connectivity index (χ2n) is 5.31. The van der Waals surface area contributed by atoms with E-state index < -0.39 is 0 Å². The molecular formula is C15H22BrClN2O. The monoisotopic (exact) mass is 360 g/mol.